The molecule has 0 bridgehead atoms. The molecule has 0 aliphatic heterocycles. The molecule has 1 aliphatic rings. The third kappa shape index (κ3) is 6.50. The van der Waals surface area contributed by atoms with Crippen molar-refractivity contribution < 1.29 is 9.59 Å². The van der Waals surface area contributed by atoms with Crippen LogP contribution < -0.4 is 5.32 Å². The zero-order valence-corrected chi connectivity index (χ0v) is 20.5. The normalized spacial score (nSPS) is 14.0. The van der Waals surface area contributed by atoms with Crippen LogP contribution in [0.2, 0.25) is 0 Å². The van der Waals surface area contributed by atoms with E-state index in [4.69, 9.17) is 0 Å². The summed E-state index contributed by atoms with van der Waals surface area (Å²) in [5, 5.41) is 3.04. The van der Waals surface area contributed by atoms with Crippen LogP contribution in [0.5, 0.6) is 0 Å². The number of carbonyl (C=O) groups excluding carboxylic acids is 2. The lowest BCUT2D eigenvalue weighted by molar-refractivity contribution is -0.129. The Balaban J connectivity index is 1.33. The molecule has 4 rings (SSSR count). The van der Waals surface area contributed by atoms with Gasteiger partial charge in [0.2, 0.25) is 5.91 Å². The highest BCUT2D eigenvalue weighted by Gasteiger charge is 2.22. The zero-order valence-electron chi connectivity index (χ0n) is 19.7. The molecule has 1 heterocycles. The zero-order chi connectivity index (χ0) is 23.8. The summed E-state index contributed by atoms with van der Waals surface area (Å²) < 4.78 is 2.01. The van der Waals surface area contributed by atoms with Crippen LogP contribution >= 0.6 is 11.8 Å². The predicted octanol–water partition coefficient (Wildman–Crippen LogP) is 4.74. The molecule has 1 N–H and O–H groups in total. The number of carbonyl (C=O) groups is 2. The van der Waals surface area contributed by atoms with Gasteiger partial charge in [0.15, 0.2) is 0 Å². The van der Waals surface area contributed by atoms with Crippen LogP contribution in [0.25, 0.3) is 0 Å². The number of aromatic nitrogens is 2. The third-order valence-electron chi connectivity index (χ3n) is 6.37. The van der Waals surface area contributed by atoms with Crippen LogP contribution in [0.4, 0.5) is 0 Å². The van der Waals surface area contributed by atoms with E-state index in [2.05, 4.69) is 22.4 Å². The lowest BCUT2D eigenvalue weighted by atomic mass is 9.94. The minimum absolute atomic E-state index is 0.127. The smallest absolute Gasteiger partial charge is 0.252 e. The molecule has 1 aliphatic carbocycles. The Morgan fingerprint density at radius 2 is 1.88 bits per heavy atom. The molecule has 1 aromatic heterocycles. The van der Waals surface area contributed by atoms with Crippen LogP contribution in [0.3, 0.4) is 0 Å². The molecule has 2 amide bonds. The molecule has 2 aromatic carbocycles. The van der Waals surface area contributed by atoms with E-state index in [1.165, 1.54) is 31.0 Å². The Kier molecular flexibility index (Phi) is 8.41. The first-order chi connectivity index (χ1) is 16.6. The molecule has 0 spiro atoms. The van der Waals surface area contributed by atoms with E-state index >= 15 is 0 Å². The second-order valence-corrected chi connectivity index (χ2v) is 9.84. The topological polar surface area (TPSA) is 67.2 Å². The maximum atomic E-state index is 13.0. The molecule has 1 fully saturated rings. The van der Waals surface area contributed by atoms with Crippen molar-refractivity contribution in [1.29, 1.82) is 0 Å². The van der Waals surface area contributed by atoms with E-state index in [1.54, 1.807) is 12.5 Å². The maximum Gasteiger partial charge on any atom is 0.252 e. The van der Waals surface area contributed by atoms with E-state index in [9.17, 15) is 9.59 Å². The second-order valence-electron chi connectivity index (χ2n) is 8.82. The number of amides is 2. The van der Waals surface area contributed by atoms with E-state index in [0.29, 0.717) is 23.9 Å². The standard InChI is InChI=1S/C27H32N4O2S/c1-30(23-10-3-2-4-11-23)26(32)19-34-25-13-6-5-12-24(25)27(33)29-17-21-8-7-9-22(16-21)18-31-15-14-28-20-31/h5-9,12-16,20,23H,2-4,10-11,17-19H2,1H3,(H,29,33). The first kappa shape index (κ1) is 24.1. The molecule has 1 saturated carbocycles. The predicted molar refractivity (Wildman–Crippen MR) is 136 cm³/mol. The van der Waals surface area contributed by atoms with E-state index < -0.39 is 0 Å². The van der Waals surface area contributed by atoms with Crippen molar-refractivity contribution in [2.24, 2.45) is 0 Å². The van der Waals surface area contributed by atoms with Gasteiger partial charge in [-0.25, -0.2) is 4.98 Å². The minimum atomic E-state index is -0.129. The molecule has 3 aromatic rings. The van der Waals surface area contributed by atoms with Crippen LogP contribution in [-0.4, -0.2) is 45.1 Å². The Hall–Kier alpha value is -3.06. The first-order valence-electron chi connectivity index (χ1n) is 11.9. The summed E-state index contributed by atoms with van der Waals surface area (Å²) >= 11 is 1.44. The summed E-state index contributed by atoms with van der Waals surface area (Å²) in [5.74, 6) is 0.339. The Morgan fingerprint density at radius 3 is 2.68 bits per heavy atom. The Labute approximate surface area is 205 Å². The van der Waals surface area contributed by atoms with E-state index in [0.717, 1.165) is 35.4 Å². The lowest BCUT2D eigenvalue weighted by Crippen LogP contribution is -2.39. The van der Waals surface area contributed by atoms with Crippen molar-refractivity contribution in [3.05, 3.63) is 83.9 Å². The highest BCUT2D eigenvalue weighted by molar-refractivity contribution is 8.00. The van der Waals surface area contributed by atoms with Gasteiger partial charge >= 0.3 is 0 Å². The number of nitrogens with one attached hydrogen (secondary N) is 1. The summed E-state index contributed by atoms with van der Waals surface area (Å²) in [6, 6.07) is 16.0. The summed E-state index contributed by atoms with van der Waals surface area (Å²) in [5.41, 5.74) is 2.80. The molecule has 0 atom stereocenters. The summed E-state index contributed by atoms with van der Waals surface area (Å²) in [6.07, 6.45) is 11.3. The van der Waals surface area contributed by atoms with Crippen molar-refractivity contribution in [3.63, 3.8) is 0 Å². The minimum Gasteiger partial charge on any atom is -0.348 e. The molecule has 178 valence electrons. The van der Waals surface area contributed by atoms with Gasteiger partial charge in [-0.2, -0.15) is 0 Å². The summed E-state index contributed by atoms with van der Waals surface area (Å²) in [6.45, 7) is 1.18. The molecule has 7 heteroatoms. The highest BCUT2D eigenvalue weighted by Crippen LogP contribution is 2.26. The molecule has 0 unspecified atom stereocenters. The molecule has 0 radical (unpaired) electrons. The average molecular weight is 477 g/mol. The average Bonchev–Trinajstić information content (AvgIpc) is 3.39. The van der Waals surface area contributed by atoms with Gasteiger partial charge in [0.1, 0.15) is 0 Å². The van der Waals surface area contributed by atoms with Gasteiger partial charge in [-0.15, -0.1) is 11.8 Å². The van der Waals surface area contributed by atoms with Gasteiger partial charge in [0.25, 0.3) is 5.91 Å². The second kappa shape index (κ2) is 11.9. The molecular weight excluding hydrogens is 444 g/mol. The Bertz CT molecular complexity index is 1090. The summed E-state index contributed by atoms with van der Waals surface area (Å²) in [7, 11) is 1.92. The molecular formula is C27H32N4O2S. The highest BCUT2D eigenvalue weighted by atomic mass is 32.2. The van der Waals surface area contributed by atoms with Crippen molar-refractivity contribution >= 4 is 23.6 Å². The monoisotopic (exact) mass is 476 g/mol. The Morgan fingerprint density at radius 1 is 1.09 bits per heavy atom. The fourth-order valence-electron chi connectivity index (χ4n) is 4.40. The molecule has 34 heavy (non-hydrogen) atoms. The number of imidazole rings is 1. The number of nitrogens with zero attached hydrogens (tertiary/aromatic N) is 3. The van der Waals surface area contributed by atoms with Gasteiger partial charge in [-0.1, -0.05) is 55.7 Å². The number of rotatable bonds is 9. The van der Waals surface area contributed by atoms with Crippen molar-refractivity contribution in [2.45, 2.75) is 56.1 Å². The van der Waals surface area contributed by atoms with E-state index in [-0.39, 0.29) is 11.8 Å². The third-order valence-corrected chi connectivity index (χ3v) is 7.43. The SMILES string of the molecule is CN(C(=O)CSc1ccccc1C(=O)NCc1cccc(Cn2ccnc2)c1)C1CCCCC1. The van der Waals surface area contributed by atoms with Gasteiger partial charge in [-0.3, -0.25) is 9.59 Å². The lowest BCUT2D eigenvalue weighted by Gasteiger charge is -2.31. The molecule has 6 nitrogen and oxygen atoms in total. The quantitative estimate of drug-likeness (QED) is 0.453. The van der Waals surface area contributed by atoms with Crippen molar-refractivity contribution in [1.82, 2.24) is 19.8 Å². The largest absolute Gasteiger partial charge is 0.348 e. The first-order valence-corrected chi connectivity index (χ1v) is 12.9. The van der Waals surface area contributed by atoms with Gasteiger partial charge in [-0.05, 0) is 36.1 Å². The van der Waals surface area contributed by atoms with Crippen molar-refractivity contribution in [2.75, 3.05) is 12.8 Å². The number of hydrogen-bond donors (Lipinski definition) is 1. The van der Waals surface area contributed by atoms with Gasteiger partial charge < -0.3 is 14.8 Å². The van der Waals surface area contributed by atoms with Crippen molar-refractivity contribution in [3.8, 4) is 0 Å². The molecule has 0 saturated heterocycles. The fourth-order valence-corrected chi connectivity index (χ4v) is 5.37. The number of hydrogen-bond acceptors (Lipinski definition) is 4. The number of thioether (sulfide) groups is 1. The maximum absolute atomic E-state index is 13.0. The van der Waals surface area contributed by atoms with Crippen LogP contribution in [-0.2, 0) is 17.9 Å². The fraction of sp³-hybridized carbons (Fsp3) is 0.370. The number of benzene rings is 2. The van der Waals surface area contributed by atoms with E-state index in [1.807, 2.05) is 59.1 Å². The van der Waals surface area contributed by atoms with Crippen LogP contribution in [0.15, 0.2) is 72.1 Å². The van der Waals surface area contributed by atoms with Gasteiger partial charge in [0.05, 0.1) is 17.6 Å². The van der Waals surface area contributed by atoms with Gasteiger partial charge in [0, 0.05) is 43.5 Å². The van der Waals surface area contributed by atoms with Crippen LogP contribution in [0.1, 0.15) is 53.6 Å². The summed E-state index contributed by atoms with van der Waals surface area (Å²) in [4.78, 5) is 32.5. The van der Waals surface area contributed by atoms with Crippen LogP contribution in [0, 0.1) is 0 Å².